The maximum Gasteiger partial charge on any atom is 0.471 e. The second-order valence-corrected chi connectivity index (χ2v) is 6.10. The molecule has 0 aromatic heterocycles. The van der Waals surface area contributed by atoms with E-state index in [9.17, 15) is 18.0 Å². The molecule has 1 aliphatic rings. The number of nitrogens with one attached hydrogen (secondary N) is 1. The topological polar surface area (TPSA) is 32.3 Å². The lowest BCUT2D eigenvalue weighted by Crippen LogP contribution is -2.51. The molecule has 1 heterocycles. The fourth-order valence-corrected chi connectivity index (χ4v) is 3.29. The largest absolute Gasteiger partial charge is 0.471 e. The molecule has 6 heteroatoms. The summed E-state index contributed by atoms with van der Waals surface area (Å²) in [7, 11) is 0. The van der Waals surface area contributed by atoms with Crippen LogP contribution in [0.15, 0.2) is 60.7 Å². The zero-order valence-electron chi connectivity index (χ0n) is 13.5. The van der Waals surface area contributed by atoms with E-state index in [0.29, 0.717) is 19.4 Å². The SMILES string of the molecule is O=C(N(c1ccccc1)C1CCNC(c2ccccc2)C1)C(F)(F)F. The van der Waals surface area contributed by atoms with Crippen molar-refractivity contribution >= 4 is 11.6 Å². The lowest BCUT2D eigenvalue weighted by atomic mass is 9.92. The van der Waals surface area contributed by atoms with E-state index in [1.807, 2.05) is 30.3 Å². The summed E-state index contributed by atoms with van der Waals surface area (Å²) in [5.41, 5.74) is 1.29. The van der Waals surface area contributed by atoms with Crippen molar-refractivity contribution in [1.82, 2.24) is 5.32 Å². The van der Waals surface area contributed by atoms with Crippen LogP contribution in [0.1, 0.15) is 24.4 Å². The number of benzene rings is 2. The molecule has 3 rings (SSSR count). The van der Waals surface area contributed by atoms with Crippen molar-refractivity contribution in [3.63, 3.8) is 0 Å². The first kappa shape index (κ1) is 17.5. The predicted octanol–water partition coefficient (Wildman–Crippen LogP) is 4.08. The molecule has 2 atom stereocenters. The second-order valence-electron chi connectivity index (χ2n) is 6.10. The molecule has 0 saturated carbocycles. The third-order valence-corrected chi connectivity index (χ3v) is 4.44. The molecule has 0 bridgehead atoms. The van der Waals surface area contributed by atoms with Crippen LogP contribution in [0.3, 0.4) is 0 Å². The highest BCUT2D eigenvalue weighted by atomic mass is 19.4. The van der Waals surface area contributed by atoms with Crippen molar-refractivity contribution in [3.05, 3.63) is 66.2 Å². The maximum atomic E-state index is 13.2. The zero-order valence-corrected chi connectivity index (χ0v) is 13.5. The quantitative estimate of drug-likeness (QED) is 0.907. The van der Waals surface area contributed by atoms with E-state index in [0.717, 1.165) is 10.5 Å². The Bertz CT molecular complexity index is 704. The Hall–Kier alpha value is -2.34. The van der Waals surface area contributed by atoms with Crippen molar-refractivity contribution in [3.8, 4) is 0 Å². The number of carbonyl (C=O) groups is 1. The fourth-order valence-electron chi connectivity index (χ4n) is 3.29. The van der Waals surface area contributed by atoms with Crippen LogP contribution in [0.2, 0.25) is 0 Å². The van der Waals surface area contributed by atoms with Gasteiger partial charge in [0.05, 0.1) is 0 Å². The summed E-state index contributed by atoms with van der Waals surface area (Å²) in [6.07, 6.45) is -4.00. The number of anilines is 1. The number of halogens is 3. The van der Waals surface area contributed by atoms with Gasteiger partial charge >= 0.3 is 12.1 Å². The summed E-state index contributed by atoms with van der Waals surface area (Å²) < 4.78 is 39.5. The van der Waals surface area contributed by atoms with Gasteiger partial charge in [-0.05, 0) is 37.1 Å². The Morgan fingerprint density at radius 3 is 2.20 bits per heavy atom. The number of alkyl halides is 3. The van der Waals surface area contributed by atoms with E-state index < -0.39 is 18.1 Å². The summed E-state index contributed by atoms with van der Waals surface area (Å²) in [5.74, 6) is -1.81. The molecule has 0 radical (unpaired) electrons. The zero-order chi connectivity index (χ0) is 17.9. The molecular weight excluding hydrogens is 329 g/mol. The Labute approximate surface area is 144 Å². The first-order valence-corrected chi connectivity index (χ1v) is 8.20. The molecule has 0 aliphatic carbocycles. The molecule has 25 heavy (non-hydrogen) atoms. The lowest BCUT2D eigenvalue weighted by Gasteiger charge is -2.38. The Morgan fingerprint density at radius 2 is 1.60 bits per heavy atom. The number of para-hydroxylation sites is 1. The van der Waals surface area contributed by atoms with E-state index in [-0.39, 0.29) is 11.7 Å². The summed E-state index contributed by atoms with van der Waals surface area (Å²) in [6, 6.07) is 17.1. The van der Waals surface area contributed by atoms with Crippen molar-refractivity contribution < 1.29 is 18.0 Å². The summed E-state index contributed by atoms with van der Waals surface area (Å²) in [4.78, 5) is 13.0. The molecule has 1 amide bonds. The van der Waals surface area contributed by atoms with Crippen LogP contribution in [0.5, 0.6) is 0 Å². The Balaban J connectivity index is 1.89. The summed E-state index contributed by atoms with van der Waals surface area (Å²) in [5, 5.41) is 3.33. The number of amides is 1. The highest BCUT2D eigenvalue weighted by molar-refractivity contribution is 5.97. The predicted molar refractivity (Wildman–Crippen MR) is 90.2 cm³/mol. The van der Waals surface area contributed by atoms with E-state index in [4.69, 9.17) is 0 Å². The molecule has 1 saturated heterocycles. The minimum atomic E-state index is -4.90. The van der Waals surface area contributed by atoms with Gasteiger partial charge in [-0.15, -0.1) is 0 Å². The summed E-state index contributed by atoms with van der Waals surface area (Å²) in [6.45, 7) is 0.554. The van der Waals surface area contributed by atoms with Gasteiger partial charge < -0.3 is 10.2 Å². The van der Waals surface area contributed by atoms with Crippen molar-refractivity contribution in [1.29, 1.82) is 0 Å². The highest BCUT2D eigenvalue weighted by Crippen LogP contribution is 2.32. The molecule has 1 N–H and O–H groups in total. The molecular formula is C19H19F3N2O. The third kappa shape index (κ3) is 4.02. The Kier molecular flexibility index (Phi) is 5.08. The van der Waals surface area contributed by atoms with Crippen molar-refractivity contribution in [2.75, 3.05) is 11.4 Å². The van der Waals surface area contributed by atoms with Crippen LogP contribution in [0, 0.1) is 0 Å². The van der Waals surface area contributed by atoms with Crippen LogP contribution in [0.4, 0.5) is 18.9 Å². The normalized spacial score (nSPS) is 20.9. The van der Waals surface area contributed by atoms with Gasteiger partial charge in [-0.1, -0.05) is 48.5 Å². The number of rotatable bonds is 3. The standard InChI is InChI=1S/C19H19F3N2O/c20-19(21,22)18(25)24(15-9-5-2-6-10-15)16-11-12-23-17(13-16)14-7-3-1-4-8-14/h1-10,16-17,23H,11-13H2. The van der Waals surface area contributed by atoms with Gasteiger partial charge in [-0.2, -0.15) is 13.2 Å². The van der Waals surface area contributed by atoms with Crippen molar-refractivity contribution in [2.45, 2.75) is 31.1 Å². The molecule has 2 unspecified atom stereocenters. The third-order valence-electron chi connectivity index (χ3n) is 4.44. The van der Waals surface area contributed by atoms with Gasteiger partial charge in [0, 0.05) is 17.8 Å². The highest BCUT2D eigenvalue weighted by Gasteiger charge is 2.46. The second kappa shape index (κ2) is 7.27. The van der Waals surface area contributed by atoms with Crippen molar-refractivity contribution in [2.24, 2.45) is 0 Å². The van der Waals surface area contributed by atoms with Gasteiger partial charge in [-0.3, -0.25) is 4.79 Å². The van der Waals surface area contributed by atoms with Gasteiger partial charge in [0.15, 0.2) is 0 Å². The van der Waals surface area contributed by atoms with Gasteiger partial charge in [-0.25, -0.2) is 0 Å². The lowest BCUT2D eigenvalue weighted by molar-refractivity contribution is -0.171. The first-order chi connectivity index (χ1) is 12.0. The van der Waals surface area contributed by atoms with Crippen LogP contribution in [0.25, 0.3) is 0 Å². The van der Waals surface area contributed by atoms with Crippen LogP contribution < -0.4 is 10.2 Å². The molecule has 2 aromatic carbocycles. The average molecular weight is 348 g/mol. The smallest absolute Gasteiger partial charge is 0.310 e. The molecule has 3 nitrogen and oxygen atoms in total. The van der Waals surface area contributed by atoms with Crippen LogP contribution in [-0.2, 0) is 4.79 Å². The molecule has 132 valence electrons. The number of piperidine rings is 1. The maximum absolute atomic E-state index is 13.2. The number of nitrogens with zero attached hydrogens (tertiary/aromatic N) is 1. The molecule has 1 fully saturated rings. The van der Waals surface area contributed by atoms with Gasteiger partial charge in [0.2, 0.25) is 0 Å². The molecule has 0 spiro atoms. The average Bonchev–Trinajstić information content (AvgIpc) is 2.63. The Morgan fingerprint density at radius 1 is 1.00 bits per heavy atom. The number of hydrogen-bond donors (Lipinski definition) is 1. The number of hydrogen-bond acceptors (Lipinski definition) is 2. The minimum Gasteiger partial charge on any atom is -0.310 e. The monoisotopic (exact) mass is 348 g/mol. The molecule has 1 aliphatic heterocycles. The van der Waals surface area contributed by atoms with Gasteiger partial charge in [0.25, 0.3) is 0 Å². The van der Waals surface area contributed by atoms with E-state index in [2.05, 4.69) is 5.32 Å². The van der Waals surface area contributed by atoms with Crippen LogP contribution >= 0.6 is 0 Å². The summed E-state index contributed by atoms with van der Waals surface area (Å²) >= 11 is 0. The fraction of sp³-hybridized carbons (Fsp3) is 0.316. The van der Waals surface area contributed by atoms with E-state index >= 15 is 0 Å². The molecule has 2 aromatic rings. The first-order valence-electron chi connectivity index (χ1n) is 8.20. The van der Waals surface area contributed by atoms with E-state index in [1.165, 1.54) is 0 Å². The van der Waals surface area contributed by atoms with E-state index in [1.54, 1.807) is 30.3 Å². The number of carbonyl (C=O) groups excluding carboxylic acids is 1. The minimum absolute atomic E-state index is 0.0767. The van der Waals surface area contributed by atoms with Gasteiger partial charge in [0.1, 0.15) is 0 Å². The van der Waals surface area contributed by atoms with Crippen LogP contribution in [-0.4, -0.2) is 24.7 Å².